The summed E-state index contributed by atoms with van der Waals surface area (Å²) in [5.74, 6) is 0.892. The average molecular weight is 357 g/mol. The SMILES string of the molecule is Oc1c2c(-c3cncnc3)ccnc2cn1CCc1nc2ccccn2n1. The number of aromatic hydroxyl groups is 1. The molecule has 8 heteroatoms. The fourth-order valence-electron chi connectivity index (χ4n) is 3.22. The minimum atomic E-state index is 0.167. The van der Waals surface area contributed by atoms with E-state index in [0.29, 0.717) is 18.4 Å². The van der Waals surface area contributed by atoms with Gasteiger partial charge in [-0.1, -0.05) is 6.07 Å². The molecule has 0 spiro atoms. The maximum atomic E-state index is 10.8. The van der Waals surface area contributed by atoms with Gasteiger partial charge >= 0.3 is 0 Å². The zero-order chi connectivity index (χ0) is 18.2. The van der Waals surface area contributed by atoms with Crippen molar-refractivity contribution < 1.29 is 5.11 Å². The molecule has 132 valence electrons. The van der Waals surface area contributed by atoms with E-state index in [4.69, 9.17) is 0 Å². The predicted molar refractivity (Wildman–Crippen MR) is 99.1 cm³/mol. The lowest BCUT2D eigenvalue weighted by Crippen LogP contribution is -2.01. The van der Waals surface area contributed by atoms with Gasteiger partial charge in [0.25, 0.3) is 0 Å². The fraction of sp³-hybridized carbons (Fsp3) is 0.105. The van der Waals surface area contributed by atoms with Gasteiger partial charge in [0.2, 0.25) is 5.88 Å². The van der Waals surface area contributed by atoms with Crippen LogP contribution in [0.1, 0.15) is 5.82 Å². The molecule has 0 bridgehead atoms. The Hall–Kier alpha value is -3.81. The summed E-state index contributed by atoms with van der Waals surface area (Å²) in [5.41, 5.74) is 3.21. The molecule has 5 heterocycles. The molecule has 0 saturated carbocycles. The van der Waals surface area contributed by atoms with Crippen LogP contribution in [-0.4, -0.2) is 39.2 Å². The third-order valence-corrected chi connectivity index (χ3v) is 4.49. The summed E-state index contributed by atoms with van der Waals surface area (Å²) in [6, 6.07) is 7.61. The highest BCUT2D eigenvalue weighted by Gasteiger charge is 2.15. The molecule has 0 aliphatic heterocycles. The Labute approximate surface area is 153 Å². The van der Waals surface area contributed by atoms with Crippen molar-refractivity contribution in [2.24, 2.45) is 0 Å². The molecule has 0 aromatic carbocycles. The number of rotatable bonds is 4. The first-order valence-corrected chi connectivity index (χ1v) is 8.52. The van der Waals surface area contributed by atoms with E-state index in [9.17, 15) is 5.11 Å². The van der Waals surface area contributed by atoms with E-state index < -0.39 is 0 Å². The Kier molecular flexibility index (Phi) is 3.53. The summed E-state index contributed by atoms with van der Waals surface area (Å²) in [7, 11) is 0. The minimum Gasteiger partial charge on any atom is -0.494 e. The van der Waals surface area contributed by atoms with E-state index in [1.165, 1.54) is 6.33 Å². The molecule has 0 atom stereocenters. The van der Waals surface area contributed by atoms with Crippen LogP contribution in [0, 0.1) is 0 Å². The number of aryl methyl sites for hydroxylation is 2. The standard InChI is InChI=1S/C19H15N7O/c27-19-18-14(13-9-20-12-21-10-13)4-6-22-15(18)11-25(19)8-5-16-23-17-3-1-2-7-26(17)24-16/h1-4,6-7,9-12,27H,5,8H2. The molecular formula is C19H15N7O. The summed E-state index contributed by atoms with van der Waals surface area (Å²) in [5, 5.41) is 15.9. The first kappa shape index (κ1) is 15.4. The molecule has 1 N–H and O–H groups in total. The Bertz CT molecular complexity index is 1210. The topological polar surface area (TPSA) is 94.0 Å². The monoisotopic (exact) mass is 357 g/mol. The van der Waals surface area contributed by atoms with Gasteiger partial charge in [-0.2, -0.15) is 5.10 Å². The van der Waals surface area contributed by atoms with Crippen molar-refractivity contribution in [3.63, 3.8) is 0 Å². The Morgan fingerprint density at radius 3 is 2.81 bits per heavy atom. The second kappa shape index (κ2) is 6.17. The van der Waals surface area contributed by atoms with Crippen LogP contribution in [-0.2, 0) is 13.0 Å². The third kappa shape index (κ3) is 2.67. The molecular weight excluding hydrogens is 342 g/mol. The zero-order valence-corrected chi connectivity index (χ0v) is 14.3. The lowest BCUT2D eigenvalue weighted by molar-refractivity contribution is 0.421. The maximum absolute atomic E-state index is 10.8. The van der Waals surface area contributed by atoms with E-state index >= 15 is 0 Å². The van der Waals surface area contributed by atoms with Crippen molar-refractivity contribution in [2.75, 3.05) is 0 Å². The number of hydrogen-bond acceptors (Lipinski definition) is 6. The van der Waals surface area contributed by atoms with Crippen LogP contribution in [0.25, 0.3) is 27.7 Å². The second-order valence-electron chi connectivity index (χ2n) is 6.17. The molecule has 5 rings (SSSR count). The largest absolute Gasteiger partial charge is 0.494 e. The van der Waals surface area contributed by atoms with Crippen LogP contribution in [0.15, 0.2) is 61.6 Å². The molecule has 0 aliphatic rings. The van der Waals surface area contributed by atoms with Gasteiger partial charge in [-0.3, -0.25) is 4.98 Å². The fourth-order valence-corrected chi connectivity index (χ4v) is 3.22. The van der Waals surface area contributed by atoms with Gasteiger partial charge in [0.15, 0.2) is 11.5 Å². The van der Waals surface area contributed by atoms with Crippen molar-refractivity contribution >= 4 is 16.6 Å². The third-order valence-electron chi connectivity index (χ3n) is 4.49. The minimum absolute atomic E-state index is 0.167. The van der Waals surface area contributed by atoms with Gasteiger partial charge in [-0.15, -0.1) is 0 Å². The van der Waals surface area contributed by atoms with Crippen LogP contribution in [0.2, 0.25) is 0 Å². The van der Waals surface area contributed by atoms with E-state index in [2.05, 4.69) is 25.0 Å². The molecule has 27 heavy (non-hydrogen) atoms. The van der Waals surface area contributed by atoms with Crippen LogP contribution in [0.5, 0.6) is 5.88 Å². The molecule has 0 radical (unpaired) electrons. The lowest BCUT2D eigenvalue weighted by atomic mass is 10.1. The van der Waals surface area contributed by atoms with E-state index in [1.807, 2.05) is 36.7 Å². The molecule has 0 saturated heterocycles. The highest BCUT2D eigenvalue weighted by Crippen LogP contribution is 2.34. The van der Waals surface area contributed by atoms with E-state index in [-0.39, 0.29) is 5.88 Å². The Balaban J connectivity index is 1.50. The summed E-state index contributed by atoms with van der Waals surface area (Å²) >= 11 is 0. The first-order chi connectivity index (χ1) is 13.3. The summed E-state index contributed by atoms with van der Waals surface area (Å²) in [4.78, 5) is 17.0. The van der Waals surface area contributed by atoms with Crippen LogP contribution >= 0.6 is 0 Å². The van der Waals surface area contributed by atoms with E-state index in [1.54, 1.807) is 27.7 Å². The van der Waals surface area contributed by atoms with Crippen LogP contribution in [0.4, 0.5) is 0 Å². The summed E-state index contributed by atoms with van der Waals surface area (Å²) in [6.07, 6.45) is 10.9. The maximum Gasteiger partial charge on any atom is 0.201 e. The highest BCUT2D eigenvalue weighted by molar-refractivity contribution is 5.98. The number of pyridine rings is 2. The van der Waals surface area contributed by atoms with E-state index in [0.717, 1.165) is 28.1 Å². The molecule has 0 aliphatic carbocycles. The molecule has 8 nitrogen and oxygen atoms in total. The zero-order valence-electron chi connectivity index (χ0n) is 14.3. The van der Waals surface area contributed by atoms with Crippen molar-refractivity contribution in [2.45, 2.75) is 13.0 Å². The highest BCUT2D eigenvalue weighted by atomic mass is 16.3. The van der Waals surface area contributed by atoms with Gasteiger partial charge in [0.1, 0.15) is 6.33 Å². The Morgan fingerprint density at radius 1 is 1.07 bits per heavy atom. The predicted octanol–water partition coefficient (Wildman–Crippen LogP) is 2.48. The van der Waals surface area contributed by atoms with Crippen LogP contribution < -0.4 is 0 Å². The number of hydrogen-bond donors (Lipinski definition) is 1. The normalized spacial score (nSPS) is 11.4. The Morgan fingerprint density at radius 2 is 1.96 bits per heavy atom. The number of aromatic nitrogens is 7. The van der Waals surface area contributed by atoms with Crippen molar-refractivity contribution in [1.29, 1.82) is 0 Å². The van der Waals surface area contributed by atoms with Gasteiger partial charge in [0.05, 0.1) is 10.9 Å². The van der Waals surface area contributed by atoms with Crippen molar-refractivity contribution in [3.05, 3.63) is 67.4 Å². The van der Waals surface area contributed by atoms with Crippen molar-refractivity contribution in [3.8, 4) is 17.0 Å². The van der Waals surface area contributed by atoms with Gasteiger partial charge < -0.3 is 9.67 Å². The van der Waals surface area contributed by atoms with Crippen molar-refractivity contribution in [1.82, 2.24) is 34.1 Å². The molecule has 0 amide bonds. The molecule has 5 aromatic heterocycles. The van der Waals surface area contributed by atoms with Gasteiger partial charge in [-0.05, 0) is 18.2 Å². The number of nitrogens with zero attached hydrogens (tertiary/aromatic N) is 7. The smallest absolute Gasteiger partial charge is 0.201 e. The van der Waals surface area contributed by atoms with Crippen LogP contribution in [0.3, 0.4) is 0 Å². The lowest BCUT2D eigenvalue weighted by Gasteiger charge is -2.04. The molecule has 5 aromatic rings. The summed E-state index contributed by atoms with van der Waals surface area (Å²) in [6.45, 7) is 0.545. The first-order valence-electron chi connectivity index (χ1n) is 8.52. The molecule has 0 fully saturated rings. The second-order valence-corrected chi connectivity index (χ2v) is 6.17. The molecule has 0 unspecified atom stereocenters. The van der Waals surface area contributed by atoms with Gasteiger partial charge in [0, 0.05) is 55.1 Å². The quantitative estimate of drug-likeness (QED) is 0.531. The van der Waals surface area contributed by atoms with Gasteiger partial charge in [-0.25, -0.2) is 19.5 Å². The number of fused-ring (bicyclic) bond motifs is 2. The average Bonchev–Trinajstić information content (AvgIpc) is 3.27. The summed E-state index contributed by atoms with van der Waals surface area (Å²) < 4.78 is 3.52.